The molecular formula is C23H28N4O6. The third kappa shape index (κ3) is 8.52. The van der Waals surface area contributed by atoms with Crippen molar-refractivity contribution in [3.8, 4) is 11.5 Å². The predicted molar refractivity (Wildman–Crippen MR) is 120 cm³/mol. The Labute approximate surface area is 192 Å². The fourth-order valence-corrected chi connectivity index (χ4v) is 2.60. The molecule has 0 spiro atoms. The molecule has 0 saturated carbocycles. The van der Waals surface area contributed by atoms with Gasteiger partial charge < -0.3 is 9.47 Å². The maximum Gasteiger partial charge on any atom is 0.329 e. The molecule has 4 N–H and O–H groups in total. The number of hydrogen-bond acceptors (Lipinski definition) is 6. The number of ether oxygens (including phenoxy) is 2. The number of carbonyl (C=O) groups excluding carboxylic acids is 4. The number of carbonyl (C=O) groups is 4. The van der Waals surface area contributed by atoms with E-state index in [0.717, 1.165) is 19.3 Å². The Morgan fingerprint density at radius 3 is 1.52 bits per heavy atom. The van der Waals surface area contributed by atoms with Crippen LogP contribution in [0.1, 0.15) is 53.8 Å². The highest BCUT2D eigenvalue weighted by Gasteiger charge is 2.16. The first kappa shape index (κ1) is 25.2. The van der Waals surface area contributed by atoms with Crippen molar-refractivity contribution in [2.24, 2.45) is 0 Å². The molecule has 176 valence electrons. The van der Waals surface area contributed by atoms with Crippen LogP contribution in [0.25, 0.3) is 0 Å². The van der Waals surface area contributed by atoms with Gasteiger partial charge in [-0.2, -0.15) is 0 Å². The lowest BCUT2D eigenvalue weighted by molar-refractivity contribution is -0.140. The van der Waals surface area contributed by atoms with Gasteiger partial charge in [-0.15, -0.1) is 0 Å². The maximum absolute atomic E-state index is 12.1. The van der Waals surface area contributed by atoms with Crippen LogP contribution < -0.4 is 31.2 Å². The summed E-state index contributed by atoms with van der Waals surface area (Å²) >= 11 is 0. The first-order valence-electron chi connectivity index (χ1n) is 10.6. The molecule has 10 heteroatoms. The van der Waals surface area contributed by atoms with Crippen molar-refractivity contribution in [2.45, 2.75) is 33.1 Å². The van der Waals surface area contributed by atoms with E-state index >= 15 is 0 Å². The Kier molecular flexibility index (Phi) is 10.2. The fourth-order valence-electron chi connectivity index (χ4n) is 2.60. The SMILES string of the molecule is CCCCCOc1ccc(C(=O)NNC(=O)C(=O)NNC(=O)c2ccc(OCC)cc2)cc1. The second-order valence-electron chi connectivity index (χ2n) is 6.85. The molecule has 0 fully saturated rings. The predicted octanol–water partition coefficient (Wildman–Crippen LogP) is 1.88. The number of amides is 4. The highest BCUT2D eigenvalue weighted by atomic mass is 16.5. The zero-order valence-corrected chi connectivity index (χ0v) is 18.6. The van der Waals surface area contributed by atoms with E-state index in [1.54, 1.807) is 24.3 Å². The van der Waals surface area contributed by atoms with Crippen molar-refractivity contribution >= 4 is 23.6 Å². The molecule has 33 heavy (non-hydrogen) atoms. The summed E-state index contributed by atoms with van der Waals surface area (Å²) in [7, 11) is 0. The van der Waals surface area contributed by atoms with Gasteiger partial charge in [-0.1, -0.05) is 19.8 Å². The lowest BCUT2D eigenvalue weighted by atomic mass is 10.2. The summed E-state index contributed by atoms with van der Waals surface area (Å²) in [5.41, 5.74) is 8.71. The molecule has 0 saturated heterocycles. The molecular weight excluding hydrogens is 428 g/mol. The lowest BCUT2D eigenvalue weighted by Gasteiger charge is -2.10. The Bertz CT molecular complexity index is 944. The molecule has 2 rings (SSSR count). The summed E-state index contributed by atoms with van der Waals surface area (Å²) in [5.74, 6) is -2.33. The van der Waals surface area contributed by atoms with Crippen molar-refractivity contribution in [3.05, 3.63) is 59.7 Å². The van der Waals surface area contributed by atoms with E-state index in [2.05, 4.69) is 17.8 Å². The van der Waals surface area contributed by atoms with Crippen LogP contribution >= 0.6 is 0 Å². The monoisotopic (exact) mass is 456 g/mol. The van der Waals surface area contributed by atoms with E-state index in [-0.39, 0.29) is 11.1 Å². The van der Waals surface area contributed by atoms with Crippen molar-refractivity contribution < 1.29 is 28.7 Å². The van der Waals surface area contributed by atoms with Crippen LogP contribution in [-0.4, -0.2) is 36.8 Å². The van der Waals surface area contributed by atoms with E-state index in [1.807, 2.05) is 17.8 Å². The number of hydrazine groups is 2. The smallest absolute Gasteiger partial charge is 0.329 e. The molecule has 2 aromatic rings. The number of unbranched alkanes of at least 4 members (excludes halogenated alkanes) is 2. The number of nitrogens with one attached hydrogen (secondary N) is 4. The molecule has 2 aromatic carbocycles. The molecule has 0 aliphatic carbocycles. The summed E-state index contributed by atoms with van der Waals surface area (Å²) < 4.78 is 10.9. The van der Waals surface area contributed by atoms with Gasteiger partial charge in [0.05, 0.1) is 13.2 Å². The Morgan fingerprint density at radius 1 is 0.636 bits per heavy atom. The van der Waals surface area contributed by atoms with Gasteiger partial charge >= 0.3 is 11.8 Å². The number of benzene rings is 2. The molecule has 0 atom stereocenters. The average molecular weight is 456 g/mol. The minimum absolute atomic E-state index is 0.255. The molecule has 0 bridgehead atoms. The van der Waals surface area contributed by atoms with Gasteiger partial charge in [0.25, 0.3) is 11.8 Å². The zero-order valence-electron chi connectivity index (χ0n) is 18.6. The quantitative estimate of drug-likeness (QED) is 0.259. The third-order valence-electron chi connectivity index (χ3n) is 4.35. The summed E-state index contributed by atoms with van der Waals surface area (Å²) in [6.45, 7) is 5.03. The zero-order chi connectivity index (χ0) is 24.1. The summed E-state index contributed by atoms with van der Waals surface area (Å²) in [4.78, 5) is 47.8. The largest absolute Gasteiger partial charge is 0.494 e. The van der Waals surface area contributed by atoms with E-state index < -0.39 is 23.6 Å². The van der Waals surface area contributed by atoms with Crippen molar-refractivity contribution in [1.29, 1.82) is 0 Å². The molecule has 4 amide bonds. The Balaban J connectivity index is 1.73. The summed E-state index contributed by atoms with van der Waals surface area (Å²) in [6.07, 6.45) is 3.13. The number of hydrogen-bond donors (Lipinski definition) is 4. The van der Waals surface area contributed by atoms with Crippen LogP contribution in [0.2, 0.25) is 0 Å². The second kappa shape index (κ2) is 13.4. The van der Waals surface area contributed by atoms with Crippen LogP contribution in [0.15, 0.2) is 48.5 Å². The molecule has 0 aromatic heterocycles. The van der Waals surface area contributed by atoms with Crippen LogP contribution in [0.4, 0.5) is 0 Å². The van der Waals surface area contributed by atoms with Gasteiger partial charge in [-0.25, -0.2) is 0 Å². The normalized spacial score (nSPS) is 10.0. The minimum Gasteiger partial charge on any atom is -0.494 e. The van der Waals surface area contributed by atoms with Crippen LogP contribution in [0, 0.1) is 0 Å². The summed E-state index contributed by atoms with van der Waals surface area (Å²) in [5, 5.41) is 0. The summed E-state index contributed by atoms with van der Waals surface area (Å²) in [6, 6.07) is 12.6. The average Bonchev–Trinajstić information content (AvgIpc) is 2.84. The van der Waals surface area contributed by atoms with E-state index in [1.165, 1.54) is 24.3 Å². The molecule has 0 heterocycles. The third-order valence-corrected chi connectivity index (χ3v) is 4.35. The van der Waals surface area contributed by atoms with Crippen molar-refractivity contribution in [3.63, 3.8) is 0 Å². The molecule has 10 nitrogen and oxygen atoms in total. The minimum atomic E-state index is -1.16. The van der Waals surface area contributed by atoms with Crippen molar-refractivity contribution in [2.75, 3.05) is 13.2 Å². The van der Waals surface area contributed by atoms with Crippen LogP contribution in [0.5, 0.6) is 11.5 Å². The van der Waals surface area contributed by atoms with Crippen LogP contribution in [-0.2, 0) is 9.59 Å². The number of rotatable bonds is 9. The second-order valence-corrected chi connectivity index (χ2v) is 6.85. The first-order valence-corrected chi connectivity index (χ1v) is 10.6. The van der Waals surface area contributed by atoms with E-state index in [4.69, 9.17) is 9.47 Å². The van der Waals surface area contributed by atoms with Gasteiger partial charge in [0.15, 0.2) is 0 Å². The lowest BCUT2D eigenvalue weighted by Crippen LogP contribution is -2.52. The molecule has 0 aliphatic rings. The van der Waals surface area contributed by atoms with E-state index in [0.29, 0.717) is 24.7 Å². The van der Waals surface area contributed by atoms with Gasteiger partial charge in [-0.3, -0.25) is 40.9 Å². The highest BCUT2D eigenvalue weighted by molar-refractivity contribution is 6.35. The molecule has 0 aliphatic heterocycles. The molecule has 0 unspecified atom stereocenters. The fraction of sp³-hybridized carbons (Fsp3) is 0.304. The van der Waals surface area contributed by atoms with Gasteiger partial charge in [0, 0.05) is 11.1 Å². The molecule has 0 radical (unpaired) electrons. The van der Waals surface area contributed by atoms with Gasteiger partial charge in [-0.05, 0) is 61.9 Å². The van der Waals surface area contributed by atoms with Crippen LogP contribution in [0.3, 0.4) is 0 Å². The standard InChI is InChI=1S/C23H28N4O6/c1-3-5-6-15-33-19-13-9-17(10-14-19)21(29)25-27-23(31)22(30)26-24-20(28)16-7-11-18(12-8-16)32-4-2/h7-14H,3-6,15H2,1-2H3,(H,24,28)(H,25,29)(H,26,30)(H,27,31). The Morgan fingerprint density at radius 2 is 1.09 bits per heavy atom. The van der Waals surface area contributed by atoms with Gasteiger partial charge in [0.2, 0.25) is 0 Å². The maximum atomic E-state index is 12.1. The van der Waals surface area contributed by atoms with E-state index in [9.17, 15) is 19.2 Å². The van der Waals surface area contributed by atoms with Gasteiger partial charge in [0.1, 0.15) is 11.5 Å². The highest BCUT2D eigenvalue weighted by Crippen LogP contribution is 2.13. The Hall–Kier alpha value is -4.08. The van der Waals surface area contributed by atoms with Crippen molar-refractivity contribution in [1.82, 2.24) is 21.7 Å². The topological polar surface area (TPSA) is 135 Å². The first-order chi connectivity index (χ1) is 15.9.